The molecule has 0 bridgehead atoms. The van der Waals surface area contributed by atoms with Crippen LogP contribution in [0.15, 0.2) is 57.0 Å². The Hall–Kier alpha value is -2.87. The van der Waals surface area contributed by atoms with Crippen LogP contribution in [-0.4, -0.2) is 24.8 Å². The first-order chi connectivity index (χ1) is 11.5. The number of sulfonamides is 1. The molecule has 8 heteroatoms. The van der Waals surface area contributed by atoms with Crippen molar-refractivity contribution in [2.24, 2.45) is 4.99 Å². The van der Waals surface area contributed by atoms with Crippen LogP contribution in [0.25, 0.3) is 0 Å². The number of benzene rings is 1. The zero-order chi connectivity index (χ0) is 17.2. The van der Waals surface area contributed by atoms with E-state index in [1.54, 1.807) is 38.4 Å². The molecule has 3 rings (SSSR count). The second-order valence-corrected chi connectivity index (χ2v) is 6.89. The number of nitrogens with zero attached hydrogens (tertiary/aromatic N) is 2. The van der Waals surface area contributed by atoms with Gasteiger partial charge < -0.3 is 9.51 Å². The van der Waals surface area contributed by atoms with Gasteiger partial charge in [0.2, 0.25) is 5.88 Å². The summed E-state index contributed by atoms with van der Waals surface area (Å²) in [6, 6.07) is 9.99. The van der Waals surface area contributed by atoms with Crippen molar-refractivity contribution in [3.63, 3.8) is 0 Å². The van der Waals surface area contributed by atoms with E-state index in [9.17, 15) is 8.42 Å². The molecule has 0 aliphatic rings. The fraction of sp³-hybridized carbons (Fsp3) is 0.125. The zero-order valence-corrected chi connectivity index (χ0v) is 14.0. The first-order valence-corrected chi connectivity index (χ1v) is 8.67. The minimum absolute atomic E-state index is 0.120. The lowest BCUT2D eigenvalue weighted by molar-refractivity contribution is 0.430. The summed E-state index contributed by atoms with van der Waals surface area (Å²) in [4.78, 5) is 7.40. The van der Waals surface area contributed by atoms with Crippen LogP contribution >= 0.6 is 0 Å². The van der Waals surface area contributed by atoms with E-state index in [2.05, 4.69) is 19.9 Å². The number of aliphatic imine (C=N–C) groups is 1. The van der Waals surface area contributed by atoms with Crippen molar-refractivity contribution < 1.29 is 12.9 Å². The van der Waals surface area contributed by atoms with Gasteiger partial charge >= 0.3 is 0 Å². The summed E-state index contributed by atoms with van der Waals surface area (Å²) in [7, 11) is -3.74. The molecule has 0 radical (unpaired) electrons. The molecule has 0 saturated heterocycles. The molecule has 0 aliphatic heterocycles. The molecule has 124 valence electrons. The second-order valence-electron chi connectivity index (χ2n) is 5.21. The standard InChI is InChI=1S/C16H16N4O3S/c1-11-12(2)19-23-16(11)20-24(21,22)15-7-5-13(6-8-15)18-10-14-4-3-9-17-14/h3-10,17,20H,1-2H3. The number of H-pyrrole nitrogens is 1. The first kappa shape index (κ1) is 16.0. The molecule has 2 N–H and O–H groups in total. The van der Waals surface area contributed by atoms with Crippen LogP contribution in [0.5, 0.6) is 0 Å². The van der Waals surface area contributed by atoms with Gasteiger partial charge in [-0.05, 0) is 50.2 Å². The van der Waals surface area contributed by atoms with Crippen molar-refractivity contribution in [2.45, 2.75) is 18.7 Å². The number of aromatic nitrogens is 2. The summed E-state index contributed by atoms with van der Waals surface area (Å²) >= 11 is 0. The third-order valence-electron chi connectivity index (χ3n) is 3.51. The fourth-order valence-corrected chi connectivity index (χ4v) is 3.02. The van der Waals surface area contributed by atoms with Crippen LogP contribution in [0.2, 0.25) is 0 Å². The predicted molar refractivity (Wildman–Crippen MR) is 91.3 cm³/mol. The molecule has 0 aliphatic carbocycles. The van der Waals surface area contributed by atoms with E-state index in [0.717, 1.165) is 5.69 Å². The molecule has 1 aromatic carbocycles. The summed E-state index contributed by atoms with van der Waals surface area (Å²) in [6.45, 7) is 3.48. The van der Waals surface area contributed by atoms with Crippen molar-refractivity contribution in [2.75, 3.05) is 4.72 Å². The summed E-state index contributed by atoms with van der Waals surface area (Å²) in [5.74, 6) is 0.126. The van der Waals surface area contributed by atoms with Crippen molar-refractivity contribution >= 4 is 27.8 Å². The molecule has 3 aromatic rings. The summed E-state index contributed by atoms with van der Waals surface area (Å²) < 4.78 is 32.1. The van der Waals surface area contributed by atoms with Crippen LogP contribution in [0.3, 0.4) is 0 Å². The highest BCUT2D eigenvalue weighted by atomic mass is 32.2. The van der Waals surface area contributed by atoms with Gasteiger partial charge in [-0.25, -0.2) is 13.1 Å². The zero-order valence-electron chi connectivity index (χ0n) is 13.1. The minimum Gasteiger partial charge on any atom is -0.360 e. The van der Waals surface area contributed by atoms with E-state index in [4.69, 9.17) is 4.52 Å². The number of aryl methyl sites for hydroxylation is 1. The molecule has 2 aromatic heterocycles. The highest BCUT2D eigenvalue weighted by Crippen LogP contribution is 2.23. The van der Waals surface area contributed by atoms with E-state index in [1.165, 1.54) is 12.1 Å². The van der Waals surface area contributed by atoms with E-state index in [0.29, 0.717) is 16.9 Å². The Morgan fingerprint density at radius 1 is 1.21 bits per heavy atom. The summed E-state index contributed by atoms with van der Waals surface area (Å²) in [5.41, 5.74) is 2.81. The van der Waals surface area contributed by atoms with Gasteiger partial charge in [0.1, 0.15) is 0 Å². The van der Waals surface area contributed by atoms with Crippen molar-refractivity contribution in [3.8, 4) is 0 Å². The maximum atomic E-state index is 12.4. The van der Waals surface area contributed by atoms with Crippen molar-refractivity contribution in [1.29, 1.82) is 0 Å². The first-order valence-electron chi connectivity index (χ1n) is 7.19. The Balaban J connectivity index is 1.78. The number of nitrogens with one attached hydrogen (secondary N) is 2. The molecule has 2 heterocycles. The Bertz CT molecular complexity index is 955. The number of anilines is 1. The van der Waals surface area contributed by atoms with Gasteiger partial charge in [0.05, 0.1) is 28.2 Å². The largest absolute Gasteiger partial charge is 0.360 e. The van der Waals surface area contributed by atoms with Crippen molar-refractivity contribution in [1.82, 2.24) is 10.1 Å². The Labute approximate surface area is 139 Å². The number of rotatable bonds is 5. The molecular formula is C16H16N4O3S. The summed E-state index contributed by atoms with van der Waals surface area (Å²) in [5, 5.41) is 3.73. The van der Waals surface area contributed by atoms with Crippen molar-refractivity contribution in [3.05, 3.63) is 59.5 Å². The molecule has 0 atom stereocenters. The van der Waals surface area contributed by atoms with Gasteiger partial charge in [0, 0.05) is 11.8 Å². The van der Waals surface area contributed by atoms with Gasteiger partial charge in [0.25, 0.3) is 10.0 Å². The SMILES string of the molecule is Cc1noc(NS(=O)(=O)c2ccc(N=Cc3ccc[nH]3)cc2)c1C. The quantitative estimate of drug-likeness (QED) is 0.694. The van der Waals surface area contributed by atoms with E-state index < -0.39 is 10.0 Å². The van der Waals surface area contributed by atoms with Gasteiger partial charge in [-0.15, -0.1) is 0 Å². The van der Waals surface area contributed by atoms with E-state index in [1.807, 2.05) is 12.1 Å². The number of hydrogen-bond acceptors (Lipinski definition) is 5. The Morgan fingerprint density at radius 3 is 2.54 bits per heavy atom. The monoisotopic (exact) mass is 344 g/mol. The molecule has 0 saturated carbocycles. The maximum Gasteiger partial charge on any atom is 0.264 e. The normalized spacial score (nSPS) is 11.9. The molecule has 0 fully saturated rings. The second kappa shape index (κ2) is 6.32. The highest BCUT2D eigenvalue weighted by Gasteiger charge is 2.18. The van der Waals surface area contributed by atoms with Crippen LogP contribution in [-0.2, 0) is 10.0 Å². The number of hydrogen-bond donors (Lipinski definition) is 2. The number of aromatic amines is 1. The smallest absolute Gasteiger partial charge is 0.264 e. The maximum absolute atomic E-state index is 12.4. The lowest BCUT2D eigenvalue weighted by Gasteiger charge is -2.05. The highest BCUT2D eigenvalue weighted by molar-refractivity contribution is 7.92. The minimum atomic E-state index is -3.74. The molecule has 0 amide bonds. The molecule has 0 unspecified atom stereocenters. The Kier molecular flexibility index (Phi) is 4.22. The fourth-order valence-electron chi connectivity index (χ4n) is 1.97. The van der Waals surface area contributed by atoms with Gasteiger partial charge in [-0.2, -0.15) is 0 Å². The molecule has 0 spiro atoms. The average molecular weight is 344 g/mol. The van der Waals surface area contributed by atoms with E-state index in [-0.39, 0.29) is 10.8 Å². The van der Waals surface area contributed by atoms with Crippen LogP contribution in [0.1, 0.15) is 17.0 Å². The topological polar surface area (TPSA) is 100 Å². The average Bonchev–Trinajstić information content (AvgIpc) is 3.19. The van der Waals surface area contributed by atoms with Gasteiger partial charge in [0.15, 0.2) is 0 Å². The molecule has 24 heavy (non-hydrogen) atoms. The van der Waals surface area contributed by atoms with Gasteiger partial charge in [-0.3, -0.25) is 4.99 Å². The lowest BCUT2D eigenvalue weighted by atomic mass is 10.3. The molecular weight excluding hydrogens is 328 g/mol. The molecule has 7 nitrogen and oxygen atoms in total. The lowest BCUT2D eigenvalue weighted by Crippen LogP contribution is -2.12. The predicted octanol–water partition coefficient (Wildman–Crippen LogP) is 3.17. The third-order valence-corrected chi connectivity index (χ3v) is 4.85. The van der Waals surface area contributed by atoms with Crippen LogP contribution < -0.4 is 4.72 Å². The van der Waals surface area contributed by atoms with Gasteiger partial charge in [-0.1, -0.05) is 5.16 Å². The van der Waals surface area contributed by atoms with Crippen LogP contribution in [0.4, 0.5) is 11.6 Å². The van der Waals surface area contributed by atoms with E-state index >= 15 is 0 Å². The summed E-state index contributed by atoms with van der Waals surface area (Å²) in [6.07, 6.45) is 3.47. The Morgan fingerprint density at radius 2 is 1.96 bits per heavy atom. The van der Waals surface area contributed by atoms with Crippen LogP contribution in [0, 0.1) is 13.8 Å². The third kappa shape index (κ3) is 3.38.